The molecule has 1 rings (SSSR count). The second-order valence-electron chi connectivity index (χ2n) is 4.49. The van der Waals surface area contributed by atoms with Crippen LogP contribution in [-0.2, 0) is 0 Å². The Morgan fingerprint density at radius 2 is 2.41 bits per heavy atom. The van der Waals surface area contributed by atoms with Gasteiger partial charge in [-0.25, -0.2) is 4.98 Å². The molecule has 0 radical (unpaired) electrons. The first kappa shape index (κ1) is 14.5. The molecule has 98 valence electrons. The fourth-order valence-electron chi connectivity index (χ4n) is 1.61. The monoisotopic (exact) mass is 257 g/mol. The lowest BCUT2D eigenvalue weighted by Gasteiger charge is -2.28. The molecule has 1 heterocycles. The van der Waals surface area contributed by atoms with Crippen molar-refractivity contribution >= 4 is 11.8 Å². The van der Waals surface area contributed by atoms with E-state index in [4.69, 9.17) is 0 Å². The first-order chi connectivity index (χ1) is 8.20. The van der Waals surface area contributed by atoms with E-state index in [0.717, 1.165) is 36.7 Å². The highest BCUT2D eigenvalue weighted by molar-refractivity contribution is 7.99. The van der Waals surface area contributed by atoms with Crippen LogP contribution in [0.25, 0.3) is 0 Å². The summed E-state index contributed by atoms with van der Waals surface area (Å²) in [6.07, 6.45) is 6.75. The summed E-state index contributed by atoms with van der Waals surface area (Å²) in [5, 5.41) is 13.8. The van der Waals surface area contributed by atoms with Gasteiger partial charge in [0, 0.05) is 23.7 Å². The molecule has 0 spiro atoms. The Bertz CT molecular complexity index is 292. The normalized spacial score (nSPS) is 14.8. The number of nitrogens with one attached hydrogen (secondary N) is 2. The molecule has 1 unspecified atom stereocenters. The van der Waals surface area contributed by atoms with Crippen molar-refractivity contribution in [2.45, 2.75) is 43.8 Å². The van der Waals surface area contributed by atoms with E-state index in [1.807, 2.05) is 6.20 Å². The molecule has 0 saturated heterocycles. The van der Waals surface area contributed by atoms with Crippen LogP contribution in [0.15, 0.2) is 17.6 Å². The van der Waals surface area contributed by atoms with E-state index in [2.05, 4.69) is 29.1 Å². The smallest absolute Gasteiger partial charge is 0.165 e. The Morgan fingerprint density at radius 3 is 3.00 bits per heavy atom. The largest absolute Gasteiger partial charge is 0.394 e. The van der Waals surface area contributed by atoms with Gasteiger partial charge in [0.25, 0.3) is 0 Å². The number of thioether (sulfide) groups is 1. The minimum atomic E-state index is -0.139. The number of hydrogen-bond donors (Lipinski definition) is 3. The maximum absolute atomic E-state index is 9.41. The summed E-state index contributed by atoms with van der Waals surface area (Å²) in [5.41, 5.74) is -0.139. The van der Waals surface area contributed by atoms with Crippen LogP contribution in [0, 0.1) is 0 Å². The Kier molecular flexibility index (Phi) is 6.62. The number of H-pyrrole nitrogens is 1. The van der Waals surface area contributed by atoms with Gasteiger partial charge in [-0.05, 0) is 32.7 Å². The SMILES string of the molecule is CCCNC(C)(CO)CCCSc1ncc[nH]1. The quantitative estimate of drug-likeness (QED) is 0.468. The van der Waals surface area contributed by atoms with Crippen LogP contribution in [0.4, 0.5) is 0 Å². The molecule has 0 bridgehead atoms. The van der Waals surface area contributed by atoms with Gasteiger partial charge in [-0.1, -0.05) is 18.7 Å². The third kappa shape index (κ3) is 5.57. The van der Waals surface area contributed by atoms with Gasteiger partial charge in [0.15, 0.2) is 5.16 Å². The molecule has 0 saturated carbocycles. The lowest BCUT2D eigenvalue weighted by atomic mass is 9.97. The molecule has 1 aromatic heterocycles. The molecule has 3 N–H and O–H groups in total. The highest BCUT2D eigenvalue weighted by atomic mass is 32.2. The molecular formula is C12H23N3OS. The summed E-state index contributed by atoms with van der Waals surface area (Å²) in [7, 11) is 0. The van der Waals surface area contributed by atoms with E-state index < -0.39 is 0 Å². The molecule has 17 heavy (non-hydrogen) atoms. The predicted molar refractivity (Wildman–Crippen MR) is 72.3 cm³/mol. The van der Waals surface area contributed by atoms with E-state index >= 15 is 0 Å². The van der Waals surface area contributed by atoms with Gasteiger partial charge >= 0.3 is 0 Å². The van der Waals surface area contributed by atoms with Crippen molar-refractivity contribution in [1.82, 2.24) is 15.3 Å². The molecule has 1 aromatic rings. The molecular weight excluding hydrogens is 234 g/mol. The van der Waals surface area contributed by atoms with E-state index in [9.17, 15) is 5.11 Å². The molecule has 0 fully saturated rings. The minimum absolute atomic E-state index is 0.139. The van der Waals surface area contributed by atoms with Gasteiger partial charge in [-0.3, -0.25) is 0 Å². The second-order valence-corrected chi connectivity index (χ2v) is 5.58. The fraction of sp³-hybridized carbons (Fsp3) is 0.750. The number of rotatable bonds is 9. The summed E-state index contributed by atoms with van der Waals surface area (Å²) in [6, 6.07) is 0. The maximum Gasteiger partial charge on any atom is 0.165 e. The van der Waals surface area contributed by atoms with E-state index in [-0.39, 0.29) is 12.1 Å². The number of aliphatic hydroxyl groups excluding tert-OH is 1. The van der Waals surface area contributed by atoms with E-state index in [0.29, 0.717) is 0 Å². The van der Waals surface area contributed by atoms with Crippen LogP contribution in [0.1, 0.15) is 33.1 Å². The zero-order valence-electron chi connectivity index (χ0n) is 10.7. The number of aliphatic hydroxyl groups is 1. The average molecular weight is 257 g/mol. The van der Waals surface area contributed by atoms with E-state index in [1.54, 1.807) is 18.0 Å². The lowest BCUT2D eigenvalue weighted by Crippen LogP contribution is -2.46. The second kappa shape index (κ2) is 7.74. The molecule has 1 atom stereocenters. The maximum atomic E-state index is 9.41. The molecule has 5 heteroatoms. The van der Waals surface area contributed by atoms with Gasteiger partial charge in [0.05, 0.1) is 6.61 Å². The molecule has 0 aliphatic heterocycles. The van der Waals surface area contributed by atoms with E-state index in [1.165, 1.54) is 0 Å². The van der Waals surface area contributed by atoms with Gasteiger partial charge < -0.3 is 15.4 Å². The first-order valence-electron chi connectivity index (χ1n) is 6.18. The van der Waals surface area contributed by atoms with Crippen molar-refractivity contribution in [3.05, 3.63) is 12.4 Å². The first-order valence-corrected chi connectivity index (χ1v) is 7.17. The Balaban J connectivity index is 2.18. The van der Waals surface area contributed by atoms with Crippen molar-refractivity contribution in [3.63, 3.8) is 0 Å². The van der Waals surface area contributed by atoms with Gasteiger partial charge in [-0.15, -0.1) is 0 Å². The summed E-state index contributed by atoms with van der Waals surface area (Å²) in [5.74, 6) is 1.02. The molecule has 0 aliphatic carbocycles. The summed E-state index contributed by atoms with van der Waals surface area (Å²) in [4.78, 5) is 7.23. The number of aromatic nitrogens is 2. The average Bonchev–Trinajstić information content (AvgIpc) is 2.85. The molecule has 0 amide bonds. The lowest BCUT2D eigenvalue weighted by molar-refractivity contribution is 0.165. The van der Waals surface area contributed by atoms with Crippen LogP contribution in [-0.4, -0.2) is 39.5 Å². The third-order valence-corrected chi connectivity index (χ3v) is 3.73. The third-order valence-electron chi connectivity index (χ3n) is 2.74. The van der Waals surface area contributed by atoms with Gasteiger partial charge in [-0.2, -0.15) is 0 Å². The Hall–Kier alpha value is -0.520. The van der Waals surface area contributed by atoms with Crippen molar-refractivity contribution in [1.29, 1.82) is 0 Å². The number of hydrogen-bond acceptors (Lipinski definition) is 4. The number of imidazole rings is 1. The topological polar surface area (TPSA) is 60.9 Å². The fourth-order valence-corrected chi connectivity index (χ4v) is 2.38. The minimum Gasteiger partial charge on any atom is -0.394 e. The molecule has 0 aromatic carbocycles. The number of nitrogens with zero attached hydrogens (tertiary/aromatic N) is 1. The van der Waals surface area contributed by atoms with Crippen molar-refractivity contribution in [3.8, 4) is 0 Å². The van der Waals surface area contributed by atoms with Crippen molar-refractivity contribution < 1.29 is 5.11 Å². The molecule has 0 aliphatic rings. The highest BCUT2D eigenvalue weighted by Crippen LogP contribution is 2.18. The van der Waals surface area contributed by atoms with Gasteiger partial charge in [0.1, 0.15) is 0 Å². The summed E-state index contributed by atoms with van der Waals surface area (Å²) in [6.45, 7) is 5.37. The molecule has 4 nitrogen and oxygen atoms in total. The van der Waals surface area contributed by atoms with Crippen LogP contribution >= 0.6 is 11.8 Å². The van der Waals surface area contributed by atoms with Crippen LogP contribution in [0.3, 0.4) is 0 Å². The summed E-state index contributed by atoms with van der Waals surface area (Å²) < 4.78 is 0. The Labute approximate surface area is 108 Å². The van der Waals surface area contributed by atoms with Crippen LogP contribution in [0.5, 0.6) is 0 Å². The van der Waals surface area contributed by atoms with Gasteiger partial charge in [0.2, 0.25) is 0 Å². The predicted octanol–water partition coefficient (Wildman–Crippen LogP) is 2.03. The van der Waals surface area contributed by atoms with Crippen molar-refractivity contribution in [2.75, 3.05) is 18.9 Å². The Morgan fingerprint density at radius 1 is 1.59 bits per heavy atom. The number of aromatic amines is 1. The highest BCUT2D eigenvalue weighted by Gasteiger charge is 2.21. The zero-order valence-corrected chi connectivity index (χ0v) is 11.5. The van der Waals surface area contributed by atoms with Crippen molar-refractivity contribution in [2.24, 2.45) is 0 Å². The van der Waals surface area contributed by atoms with Crippen LogP contribution in [0.2, 0.25) is 0 Å². The zero-order chi connectivity index (χ0) is 12.6. The standard InChI is InChI=1S/C12H23N3OS/c1-3-6-15-12(2,10-16)5-4-9-17-11-13-7-8-14-11/h7-8,15-16H,3-6,9-10H2,1-2H3,(H,13,14). The van der Waals surface area contributed by atoms with Crippen LogP contribution < -0.4 is 5.32 Å². The summed E-state index contributed by atoms with van der Waals surface area (Å²) >= 11 is 1.73.